The molecule has 1 aliphatic rings. The molecule has 6 nitrogen and oxygen atoms in total. The number of carbonyl (C=O) groups is 1. The van der Waals surface area contributed by atoms with Crippen LogP contribution in [0, 0.1) is 5.92 Å². The van der Waals surface area contributed by atoms with Crippen LogP contribution in [-0.2, 0) is 14.6 Å². The lowest BCUT2D eigenvalue weighted by Crippen LogP contribution is -2.19. The second-order valence-corrected chi connectivity index (χ2v) is 7.98. The van der Waals surface area contributed by atoms with E-state index in [0.717, 1.165) is 12.8 Å². The summed E-state index contributed by atoms with van der Waals surface area (Å²) in [6.45, 7) is -0.186. The predicted octanol–water partition coefficient (Wildman–Crippen LogP) is 2.53. The number of ether oxygens (including phenoxy) is 2. The smallest absolute Gasteiger partial charge is 0.325 e. The summed E-state index contributed by atoms with van der Waals surface area (Å²) in [6, 6.07) is 12.9. The van der Waals surface area contributed by atoms with Gasteiger partial charge in [-0.05, 0) is 67.3 Å². The van der Waals surface area contributed by atoms with Gasteiger partial charge in [0.1, 0.15) is 17.2 Å². The van der Waals surface area contributed by atoms with Crippen molar-refractivity contribution < 1.29 is 22.7 Å². The lowest BCUT2D eigenvalue weighted by Gasteiger charge is -2.08. The van der Waals surface area contributed by atoms with Crippen LogP contribution in [0.4, 0.5) is 0 Å². The van der Waals surface area contributed by atoms with Crippen molar-refractivity contribution in [1.29, 1.82) is 0 Å². The van der Waals surface area contributed by atoms with E-state index in [4.69, 9.17) is 15.2 Å². The summed E-state index contributed by atoms with van der Waals surface area (Å²) in [7, 11) is -3.22. The Labute approximate surface area is 146 Å². The quantitative estimate of drug-likeness (QED) is 0.601. The first kappa shape index (κ1) is 17.4. The van der Waals surface area contributed by atoms with Crippen molar-refractivity contribution in [2.45, 2.75) is 17.7 Å². The maximum atomic E-state index is 12.2. The lowest BCUT2D eigenvalue weighted by atomic mass is 10.3. The molecule has 132 valence electrons. The van der Waals surface area contributed by atoms with Crippen molar-refractivity contribution in [2.75, 3.05) is 12.3 Å². The molecule has 1 aliphatic carbocycles. The van der Waals surface area contributed by atoms with Gasteiger partial charge >= 0.3 is 5.97 Å². The van der Waals surface area contributed by atoms with Gasteiger partial charge in [0.15, 0.2) is 9.84 Å². The summed E-state index contributed by atoms with van der Waals surface area (Å²) in [5.74, 6) is 1.46. The molecular formula is C18H19NO5S. The molecule has 2 aromatic rings. The van der Waals surface area contributed by atoms with Crippen molar-refractivity contribution in [3.63, 3.8) is 0 Å². The third kappa shape index (κ3) is 4.80. The Balaban J connectivity index is 1.64. The normalized spacial score (nSPS) is 14.1. The van der Waals surface area contributed by atoms with E-state index in [2.05, 4.69) is 0 Å². The van der Waals surface area contributed by atoms with Gasteiger partial charge in [0.05, 0.1) is 17.2 Å². The Morgan fingerprint density at radius 2 is 1.48 bits per heavy atom. The van der Waals surface area contributed by atoms with E-state index >= 15 is 0 Å². The topological polar surface area (TPSA) is 95.7 Å². The van der Waals surface area contributed by atoms with Crippen molar-refractivity contribution in [1.82, 2.24) is 0 Å². The van der Waals surface area contributed by atoms with Crippen LogP contribution in [0.3, 0.4) is 0 Å². The number of rotatable bonds is 7. The van der Waals surface area contributed by atoms with Gasteiger partial charge in [0.2, 0.25) is 0 Å². The number of sulfone groups is 1. The summed E-state index contributed by atoms with van der Waals surface area (Å²) in [5.41, 5.74) is 5.18. The van der Waals surface area contributed by atoms with Gasteiger partial charge in [-0.3, -0.25) is 4.79 Å². The van der Waals surface area contributed by atoms with E-state index in [9.17, 15) is 13.2 Å². The summed E-state index contributed by atoms with van der Waals surface area (Å²) >= 11 is 0. The largest absolute Gasteiger partial charge is 0.457 e. The molecule has 0 amide bonds. The first-order chi connectivity index (χ1) is 12.0. The molecule has 0 atom stereocenters. The Bertz CT molecular complexity index is 840. The Hall–Kier alpha value is -2.38. The maximum Gasteiger partial charge on any atom is 0.325 e. The molecule has 0 aliphatic heterocycles. The minimum atomic E-state index is -3.22. The molecule has 2 aromatic carbocycles. The minimum absolute atomic E-state index is 0.186. The number of benzene rings is 2. The van der Waals surface area contributed by atoms with Gasteiger partial charge in [-0.25, -0.2) is 8.42 Å². The van der Waals surface area contributed by atoms with Crippen LogP contribution < -0.4 is 15.2 Å². The third-order valence-corrected chi connectivity index (χ3v) is 5.69. The first-order valence-corrected chi connectivity index (χ1v) is 9.63. The molecule has 0 aromatic heterocycles. The van der Waals surface area contributed by atoms with Gasteiger partial charge in [-0.15, -0.1) is 0 Å². The number of hydrogen-bond acceptors (Lipinski definition) is 6. The highest BCUT2D eigenvalue weighted by molar-refractivity contribution is 7.91. The molecule has 3 rings (SSSR count). The second kappa shape index (κ2) is 7.25. The molecule has 25 heavy (non-hydrogen) atoms. The highest BCUT2D eigenvalue weighted by atomic mass is 32.2. The summed E-state index contributed by atoms with van der Waals surface area (Å²) in [5, 5.41) is 0. The van der Waals surface area contributed by atoms with Gasteiger partial charge in [0.25, 0.3) is 0 Å². The third-order valence-electron chi connectivity index (χ3n) is 3.79. The molecule has 0 unspecified atom stereocenters. The molecule has 7 heteroatoms. The van der Waals surface area contributed by atoms with Crippen LogP contribution in [0.25, 0.3) is 0 Å². The fourth-order valence-corrected chi connectivity index (χ4v) is 3.99. The number of esters is 1. The molecule has 0 radical (unpaired) electrons. The zero-order valence-corrected chi connectivity index (χ0v) is 14.4. The van der Waals surface area contributed by atoms with Crippen molar-refractivity contribution in [3.8, 4) is 17.2 Å². The van der Waals surface area contributed by atoms with Gasteiger partial charge in [0, 0.05) is 0 Å². The monoisotopic (exact) mass is 361 g/mol. The average molecular weight is 361 g/mol. The number of carbonyl (C=O) groups excluding carboxylic acids is 1. The van der Waals surface area contributed by atoms with Crippen LogP contribution in [0.1, 0.15) is 12.8 Å². The summed E-state index contributed by atoms with van der Waals surface area (Å²) < 4.78 is 35.1. The molecule has 0 saturated heterocycles. The Morgan fingerprint density at radius 3 is 2.00 bits per heavy atom. The molecule has 1 saturated carbocycles. The SMILES string of the molecule is NCC(=O)Oc1ccc(Oc2ccc(S(=O)(=O)CC3CC3)cc2)cc1. The lowest BCUT2D eigenvalue weighted by molar-refractivity contribution is -0.132. The standard InChI is InChI=1S/C18H19NO5S/c19-11-18(20)24-16-5-3-14(4-6-16)23-15-7-9-17(10-8-15)25(21,22)12-13-1-2-13/h3-10,13H,1-2,11-12,19H2. The Morgan fingerprint density at radius 1 is 0.960 bits per heavy atom. The van der Waals surface area contributed by atoms with Gasteiger partial charge in [-0.1, -0.05) is 0 Å². The van der Waals surface area contributed by atoms with Gasteiger partial charge in [-0.2, -0.15) is 0 Å². The predicted molar refractivity (Wildman–Crippen MR) is 92.4 cm³/mol. The molecule has 1 fully saturated rings. The second-order valence-electron chi connectivity index (χ2n) is 5.95. The van der Waals surface area contributed by atoms with E-state index in [-0.39, 0.29) is 12.3 Å². The fourth-order valence-electron chi connectivity index (χ4n) is 2.29. The van der Waals surface area contributed by atoms with Crippen molar-refractivity contribution >= 4 is 15.8 Å². The average Bonchev–Trinajstić information content (AvgIpc) is 3.40. The van der Waals surface area contributed by atoms with Gasteiger partial charge < -0.3 is 15.2 Å². The van der Waals surface area contributed by atoms with Crippen LogP contribution in [-0.4, -0.2) is 26.7 Å². The summed E-state index contributed by atoms with van der Waals surface area (Å²) in [4.78, 5) is 11.4. The molecule has 0 bridgehead atoms. The molecule has 0 spiro atoms. The zero-order chi connectivity index (χ0) is 17.9. The molecular weight excluding hydrogens is 342 g/mol. The van der Waals surface area contributed by atoms with Crippen LogP contribution in [0.5, 0.6) is 17.2 Å². The van der Waals surface area contributed by atoms with Crippen LogP contribution in [0.15, 0.2) is 53.4 Å². The Kier molecular flexibility index (Phi) is 5.06. The van der Waals surface area contributed by atoms with E-state index in [0.29, 0.717) is 28.1 Å². The highest BCUT2D eigenvalue weighted by Crippen LogP contribution is 2.33. The maximum absolute atomic E-state index is 12.2. The van der Waals surface area contributed by atoms with Crippen molar-refractivity contribution in [2.24, 2.45) is 11.7 Å². The van der Waals surface area contributed by atoms with E-state index < -0.39 is 15.8 Å². The van der Waals surface area contributed by atoms with E-state index in [1.807, 2.05) is 0 Å². The number of nitrogens with two attached hydrogens (primary N) is 1. The van der Waals surface area contributed by atoms with Crippen molar-refractivity contribution in [3.05, 3.63) is 48.5 Å². The molecule has 2 N–H and O–H groups in total. The van der Waals surface area contributed by atoms with E-state index in [1.54, 1.807) is 48.5 Å². The number of hydrogen-bond donors (Lipinski definition) is 1. The summed E-state index contributed by atoms with van der Waals surface area (Å²) in [6.07, 6.45) is 1.99. The zero-order valence-electron chi connectivity index (χ0n) is 13.6. The van der Waals surface area contributed by atoms with E-state index in [1.165, 1.54) is 0 Å². The molecule has 0 heterocycles. The minimum Gasteiger partial charge on any atom is -0.457 e. The first-order valence-electron chi connectivity index (χ1n) is 7.98. The van der Waals surface area contributed by atoms with Crippen LogP contribution >= 0.6 is 0 Å². The van der Waals surface area contributed by atoms with Crippen LogP contribution in [0.2, 0.25) is 0 Å². The fraction of sp³-hybridized carbons (Fsp3) is 0.278. The highest BCUT2D eigenvalue weighted by Gasteiger charge is 2.28.